The van der Waals surface area contributed by atoms with Gasteiger partial charge < -0.3 is 0 Å². The van der Waals surface area contributed by atoms with Gasteiger partial charge in [0.15, 0.2) is 39.3 Å². The van der Waals surface area contributed by atoms with E-state index in [1.807, 2.05) is 147 Å². The van der Waals surface area contributed by atoms with Crippen LogP contribution in [-0.2, 0) is 48.8 Å². The maximum atomic E-state index is 12.7. The fourth-order valence-electron chi connectivity index (χ4n) is 9.50. The van der Waals surface area contributed by atoms with Gasteiger partial charge in [0.2, 0.25) is 0 Å². The molecular formula is C68H64N4O8S4. The molecule has 0 N–H and O–H groups in total. The van der Waals surface area contributed by atoms with Crippen molar-refractivity contribution in [3.05, 3.63) is 251 Å². The number of aromatic nitrogens is 4. The molecule has 4 heterocycles. The first-order valence-corrected chi connectivity index (χ1v) is 34.3. The van der Waals surface area contributed by atoms with Gasteiger partial charge in [0.25, 0.3) is 0 Å². The molecule has 0 spiro atoms. The maximum Gasteiger partial charge on any atom is 0.175 e. The molecule has 10 aromatic rings. The van der Waals surface area contributed by atoms with Gasteiger partial charge in [0.1, 0.15) is 0 Å². The van der Waals surface area contributed by atoms with E-state index in [-0.39, 0.29) is 9.79 Å². The molecule has 0 aliphatic heterocycles. The summed E-state index contributed by atoms with van der Waals surface area (Å²) in [4.78, 5) is 19.1. The molecule has 16 heteroatoms. The summed E-state index contributed by atoms with van der Waals surface area (Å²) in [5.74, 6) is 0. The summed E-state index contributed by atoms with van der Waals surface area (Å²) in [7, 11) is -13.5. The number of fused-ring (bicyclic) bond motifs is 2. The molecule has 0 saturated heterocycles. The fourth-order valence-corrected chi connectivity index (χ4v) is 11.9. The monoisotopic (exact) mass is 1190 g/mol. The van der Waals surface area contributed by atoms with E-state index < -0.39 is 48.8 Å². The fraction of sp³-hybridized carbons (Fsp3) is 0.176. The van der Waals surface area contributed by atoms with Crippen LogP contribution in [0.25, 0.3) is 67.4 Å². The molecule has 12 nitrogen and oxygen atoms in total. The molecule has 0 unspecified atom stereocenters. The number of nitrogens with zero attached hydrogens (tertiary/aromatic N) is 4. The van der Waals surface area contributed by atoms with Crippen LogP contribution >= 0.6 is 0 Å². The van der Waals surface area contributed by atoms with Crippen molar-refractivity contribution in [1.82, 2.24) is 19.9 Å². The van der Waals surface area contributed by atoms with E-state index in [1.54, 1.807) is 101 Å². The summed E-state index contributed by atoms with van der Waals surface area (Å²) in [5.41, 5.74) is 15.1. The number of hydrogen-bond donors (Lipinski definition) is 0. The van der Waals surface area contributed by atoms with Crippen molar-refractivity contribution in [3.63, 3.8) is 0 Å². The minimum atomic E-state index is -3.40. The molecule has 0 amide bonds. The zero-order chi connectivity index (χ0) is 60.6. The number of rotatable bonds is 14. The summed E-state index contributed by atoms with van der Waals surface area (Å²) < 4.78 is 96.9. The summed E-state index contributed by atoms with van der Waals surface area (Å²) >= 11 is 0. The second-order valence-corrected chi connectivity index (χ2v) is 31.3. The van der Waals surface area contributed by atoms with Crippen molar-refractivity contribution in [2.24, 2.45) is 0 Å². The van der Waals surface area contributed by atoms with E-state index in [4.69, 9.17) is 0 Å². The van der Waals surface area contributed by atoms with Crippen molar-refractivity contribution < 1.29 is 33.7 Å². The predicted molar refractivity (Wildman–Crippen MR) is 341 cm³/mol. The van der Waals surface area contributed by atoms with Crippen LogP contribution in [0.1, 0.15) is 83.6 Å². The van der Waals surface area contributed by atoms with Gasteiger partial charge >= 0.3 is 0 Å². The Morgan fingerprint density at radius 3 is 1.10 bits per heavy atom. The lowest BCUT2D eigenvalue weighted by molar-refractivity contribution is 0.560. The second kappa shape index (κ2) is 23.4. The normalized spacial score (nSPS) is 12.9. The molecule has 0 aliphatic rings. The number of sulfone groups is 4. The highest BCUT2D eigenvalue weighted by Crippen LogP contribution is 2.39. The zero-order valence-corrected chi connectivity index (χ0v) is 51.6. The maximum absolute atomic E-state index is 12.7. The Balaban J connectivity index is 0.000000202. The summed E-state index contributed by atoms with van der Waals surface area (Å²) in [5, 5.41) is 1.72. The van der Waals surface area contributed by atoms with Crippen molar-refractivity contribution in [2.45, 2.75) is 60.8 Å². The Hall–Kier alpha value is -8.28. The van der Waals surface area contributed by atoms with Crippen LogP contribution < -0.4 is 0 Å². The van der Waals surface area contributed by atoms with Crippen LogP contribution in [0.3, 0.4) is 0 Å². The number of hydrogen-bond acceptors (Lipinski definition) is 12. The third-order valence-corrected chi connectivity index (χ3v) is 21.7. The van der Waals surface area contributed by atoms with E-state index in [1.165, 1.54) is 25.0 Å². The first-order valence-electron chi connectivity index (χ1n) is 26.8. The van der Waals surface area contributed by atoms with Crippen LogP contribution in [0.4, 0.5) is 0 Å². The van der Waals surface area contributed by atoms with Crippen LogP contribution in [0.5, 0.6) is 0 Å². The van der Waals surface area contributed by atoms with Crippen LogP contribution in [0.15, 0.2) is 204 Å². The standard InChI is InChI=1S/2C34H32N2O4S2/c2*1-23-11-16-32(36-22-23)30(25-12-14-29(15-13-25)41(4,37)38)19-24-8-6-9-26(18-24)31-21-28(34(2,3)42(5,39)40)20-27-10-7-17-35-33(27)31/h2*6-22H,1-5H3/b30-19+;30-19-. The largest absolute Gasteiger partial charge is 0.256 e. The van der Waals surface area contributed by atoms with E-state index in [9.17, 15) is 33.7 Å². The molecule has 6 aromatic carbocycles. The molecule has 0 fully saturated rings. The van der Waals surface area contributed by atoms with Gasteiger partial charge in [-0.3, -0.25) is 19.9 Å². The molecule has 0 atom stereocenters. The zero-order valence-electron chi connectivity index (χ0n) is 48.3. The average molecular weight is 1190 g/mol. The SMILES string of the molecule is Cc1ccc(/C(=C/c2cccc(-c3cc(C(C)(C)S(C)(=O)=O)cc4cccnc34)c2)c2ccc(S(C)(=O)=O)cc2)nc1.Cc1ccc(/C(=C\c2cccc(-c3cc(C(C)(C)S(C)(=O)=O)cc4cccnc34)c2)c2ccc(S(C)(=O)=O)cc2)nc1. The van der Waals surface area contributed by atoms with Crippen LogP contribution in [0, 0.1) is 13.8 Å². The number of benzene rings is 6. The van der Waals surface area contributed by atoms with Gasteiger partial charge in [0, 0.05) is 82.9 Å². The van der Waals surface area contributed by atoms with Gasteiger partial charge in [-0.15, -0.1) is 0 Å². The molecule has 428 valence electrons. The van der Waals surface area contributed by atoms with Gasteiger partial charge in [-0.05, 0) is 194 Å². The van der Waals surface area contributed by atoms with Gasteiger partial charge in [-0.1, -0.05) is 84.9 Å². The number of aryl methyl sites for hydroxylation is 2. The molecule has 0 radical (unpaired) electrons. The lowest BCUT2D eigenvalue weighted by atomic mass is 9.92. The van der Waals surface area contributed by atoms with Crippen LogP contribution in [0.2, 0.25) is 0 Å². The Labute approximate surface area is 493 Å². The Bertz CT molecular complexity index is 4390. The molecule has 84 heavy (non-hydrogen) atoms. The second-order valence-electron chi connectivity index (χ2n) is 22.2. The number of pyridine rings is 4. The van der Waals surface area contributed by atoms with Gasteiger partial charge in [0.05, 0.1) is 41.7 Å². The summed E-state index contributed by atoms with van der Waals surface area (Å²) in [6, 6.07) is 52.7. The van der Waals surface area contributed by atoms with Gasteiger partial charge in [-0.2, -0.15) is 0 Å². The first-order chi connectivity index (χ1) is 39.5. The predicted octanol–water partition coefficient (Wildman–Crippen LogP) is 13.8. The third-order valence-electron chi connectivity index (χ3n) is 15.2. The van der Waals surface area contributed by atoms with Gasteiger partial charge in [-0.25, -0.2) is 33.7 Å². The highest BCUT2D eigenvalue weighted by Gasteiger charge is 2.34. The Kier molecular flexibility index (Phi) is 16.8. The summed E-state index contributed by atoms with van der Waals surface area (Å²) in [6.07, 6.45) is 16.0. The minimum absolute atomic E-state index is 0.251. The Morgan fingerprint density at radius 1 is 0.405 bits per heavy atom. The van der Waals surface area contributed by atoms with Crippen molar-refractivity contribution in [3.8, 4) is 22.3 Å². The lowest BCUT2D eigenvalue weighted by Gasteiger charge is -2.24. The quantitative estimate of drug-likeness (QED) is 0.0939. The molecule has 10 rings (SSSR count). The molecule has 0 aliphatic carbocycles. The smallest absolute Gasteiger partial charge is 0.175 e. The third kappa shape index (κ3) is 13.2. The molecule has 0 saturated carbocycles. The molecular weight excluding hydrogens is 1130 g/mol. The lowest BCUT2D eigenvalue weighted by Crippen LogP contribution is -2.28. The minimum Gasteiger partial charge on any atom is -0.256 e. The topological polar surface area (TPSA) is 188 Å². The van der Waals surface area contributed by atoms with E-state index in [0.717, 1.165) is 100.0 Å². The Morgan fingerprint density at radius 2 is 0.774 bits per heavy atom. The molecule has 4 aromatic heterocycles. The van der Waals surface area contributed by atoms with Crippen molar-refractivity contribution in [1.29, 1.82) is 0 Å². The highest BCUT2D eigenvalue weighted by molar-refractivity contribution is 7.92. The van der Waals surface area contributed by atoms with Crippen molar-refractivity contribution in [2.75, 3.05) is 25.0 Å². The van der Waals surface area contributed by atoms with Crippen molar-refractivity contribution >= 4 is 84.5 Å². The van der Waals surface area contributed by atoms with E-state index in [2.05, 4.69) is 19.9 Å². The van der Waals surface area contributed by atoms with Crippen LogP contribution in [-0.4, -0.2) is 78.6 Å². The van der Waals surface area contributed by atoms with E-state index >= 15 is 0 Å². The summed E-state index contributed by atoms with van der Waals surface area (Å²) in [6.45, 7) is 10.8. The van der Waals surface area contributed by atoms with E-state index in [0.29, 0.717) is 11.1 Å². The molecule has 0 bridgehead atoms. The highest BCUT2D eigenvalue weighted by atomic mass is 32.2. The average Bonchev–Trinajstić information content (AvgIpc) is 3.47. The first kappa shape index (κ1) is 60.3.